The van der Waals surface area contributed by atoms with Crippen LogP contribution < -0.4 is 9.46 Å². The molecule has 4 rings (SSSR count). The number of hydrogen-bond donors (Lipinski definition) is 2. The Morgan fingerprint density at radius 3 is 2.50 bits per heavy atom. The molecule has 0 fully saturated rings. The van der Waals surface area contributed by atoms with E-state index in [0.717, 1.165) is 28.6 Å². The van der Waals surface area contributed by atoms with Crippen LogP contribution >= 0.6 is 0 Å². The van der Waals surface area contributed by atoms with Gasteiger partial charge in [0.2, 0.25) is 5.91 Å². The van der Waals surface area contributed by atoms with E-state index in [4.69, 9.17) is 4.74 Å². The number of aryl methyl sites for hydroxylation is 1. The van der Waals surface area contributed by atoms with Crippen LogP contribution in [-0.4, -0.2) is 85.5 Å². The largest absolute Gasteiger partial charge is 0.488 e. The van der Waals surface area contributed by atoms with E-state index in [0.29, 0.717) is 5.56 Å². The number of aliphatic hydroxyl groups excluding tert-OH is 1. The molecule has 1 aliphatic rings. The Morgan fingerprint density at radius 1 is 1.19 bits per heavy atom. The van der Waals surface area contributed by atoms with Gasteiger partial charge in [-0.15, -0.1) is 0 Å². The predicted molar refractivity (Wildman–Crippen MR) is 152 cm³/mol. The Balaban J connectivity index is 1.68. The first-order valence-electron chi connectivity index (χ1n) is 13.1. The van der Waals surface area contributed by atoms with Gasteiger partial charge in [-0.25, -0.2) is 26.2 Å². The number of aliphatic hydroxyl groups is 1. The first kappa shape index (κ1) is 31.4. The lowest BCUT2D eigenvalue weighted by molar-refractivity contribution is -0.134. The molecule has 0 saturated carbocycles. The van der Waals surface area contributed by atoms with Crippen molar-refractivity contribution in [3.8, 4) is 5.75 Å². The lowest BCUT2D eigenvalue weighted by Gasteiger charge is -2.33. The topological polar surface area (TPSA) is 151 Å². The number of carbonyl (C=O) groups is 1. The number of rotatable bonds is 9. The van der Waals surface area contributed by atoms with E-state index in [1.807, 2.05) is 6.92 Å². The second-order valence-electron chi connectivity index (χ2n) is 10.4. The highest BCUT2D eigenvalue weighted by atomic mass is 32.2. The molecule has 3 aromatic rings. The fourth-order valence-corrected chi connectivity index (χ4v) is 6.76. The molecule has 0 aliphatic carbocycles. The molecule has 0 bridgehead atoms. The highest BCUT2D eigenvalue weighted by Crippen LogP contribution is 2.30. The van der Waals surface area contributed by atoms with Gasteiger partial charge >= 0.3 is 0 Å². The van der Waals surface area contributed by atoms with E-state index in [-0.39, 0.29) is 59.3 Å². The average molecular weight is 624 g/mol. The number of aromatic nitrogens is 2. The molecule has 1 amide bonds. The van der Waals surface area contributed by atoms with Crippen molar-refractivity contribution in [3.05, 3.63) is 66.4 Å². The number of hydrogen-bond acceptors (Lipinski definition) is 8. The summed E-state index contributed by atoms with van der Waals surface area (Å²) in [6.45, 7) is 3.34. The number of benzene rings is 2. The third-order valence-corrected chi connectivity index (χ3v) is 10.2. The summed E-state index contributed by atoms with van der Waals surface area (Å²) in [5, 5.41) is 9.72. The molecule has 2 N–H and O–H groups in total. The average Bonchev–Trinajstić information content (AvgIpc) is 3.39. The van der Waals surface area contributed by atoms with Crippen LogP contribution in [0, 0.1) is 11.7 Å². The summed E-state index contributed by atoms with van der Waals surface area (Å²) in [6.07, 6.45) is 1.89. The minimum atomic E-state index is -4.07. The van der Waals surface area contributed by atoms with Gasteiger partial charge in [0, 0.05) is 44.0 Å². The van der Waals surface area contributed by atoms with Gasteiger partial charge in [-0.2, -0.15) is 4.31 Å². The lowest BCUT2D eigenvalue weighted by Crippen LogP contribution is -2.48. The molecule has 42 heavy (non-hydrogen) atoms. The second kappa shape index (κ2) is 12.4. The Bertz CT molecular complexity index is 1650. The fourth-order valence-electron chi connectivity index (χ4n) is 4.57. The minimum Gasteiger partial charge on any atom is -0.488 e. The molecule has 0 unspecified atom stereocenters. The maximum absolute atomic E-state index is 13.4. The molecule has 15 heteroatoms. The van der Waals surface area contributed by atoms with Crippen LogP contribution in [0.4, 0.5) is 10.1 Å². The second-order valence-corrected chi connectivity index (χ2v) is 14.1. The number of ether oxygens (including phenoxy) is 1. The Hall–Kier alpha value is -3.53. The molecule has 0 radical (unpaired) electrons. The molecule has 228 valence electrons. The van der Waals surface area contributed by atoms with E-state index in [1.165, 1.54) is 47.2 Å². The molecule has 2 heterocycles. The fraction of sp³-hybridized carbons (Fsp3) is 0.407. The van der Waals surface area contributed by atoms with Crippen molar-refractivity contribution >= 4 is 31.6 Å². The summed E-state index contributed by atoms with van der Waals surface area (Å²) in [6, 6.07) is 8.27. The number of fused-ring (bicyclic) bond motifs is 1. The Morgan fingerprint density at radius 2 is 1.88 bits per heavy atom. The van der Waals surface area contributed by atoms with Crippen LogP contribution in [0.3, 0.4) is 0 Å². The number of halogens is 1. The van der Waals surface area contributed by atoms with Crippen molar-refractivity contribution in [2.45, 2.75) is 42.3 Å². The molecule has 2 aromatic carbocycles. The van der Waals surface area contributed by atoms with Crippen LogP contribution in [0.15, 0.2) is 64.9 Å². The SMILES string of the molecule is C[C@H](CO)N1C[C@H](C)[C@@H](CN(C)S(=O)(=O)c2cn(C)cn2)Oc2ccc(NS(=O)(=O)c3ccc(F)cc3)cc2CC1=O. The standard InChI is InChI=1S/C27H34FN5O7S2/c1-18-13-33(19(2)16-34)27(35)12-20-11-22(30-41(36,37)23-8-5-21(28)6-9-23)7-10-24(20)40-25(18)14-32(4)42(38,39)26-15-31(3)17-29-26/h5-11,15,17-19,25,30,34H,12-14,16H2,1-4H3/t18-,19+,25+/m0/s1. The molecular weight excluding hydrogens is 589 g/mol. The van der Waals surface area contributed by atoms with Crippen molar-refractivity contribution in [1.29, 1.82) is 0 Å². The number of imidazole rings is 1. The number of carbonyl (C=O) groups excluding carboxylic acids is 1. The van der Waals surface area contributed by atoms with Crippen LogP contribution in [0.2, 0.25) is 0 Å². The highest BCUT2D eigenvalue weighted by molar-refractivity contribution is 7.92. The summed E-state index contributed by atoms with van der Waals surface area (Å²) in [4.78, 5) is 18.8. The van der Waals surface area contributed by atoms with Crippen molar-refractivity contribution < 1.29 is 35.9 Å². The summed E-state index contributed by atoms with van der Waals surface area (Å²) >= 11 is 0. The first-order valence-corrected chi connectivity index (χ1v) is 16.1. The van der Waals surface area contributed by atoms with Crippen LogP contribution in [-0.2, 0) is 38.3 Å². The number of sulfonamides is 2. The smallest absolute Gasteiger partial charge is 0.261 e. The lowest BCUT2D eigenvalue weighted by atomic mass is 10.0. The van der Waals surface area contributed by atoms with E-state index in [2.05, 4.69) is 9.71 Å². The van der Waals surface area contributed by atoms with Crippen LogP contribution in [0.1, 0.15) is 19.4 Å². The molecule has 0 spiro atoms. The number of likely N-dealkylation sites (N-methyl/N-ethyl adjacent to an activating group) is 1. The van der Waals surface area contributed by atoms with Gasteiger partial charge in [-0.05, 0) is 49.4 Å². The third kappa shape index (κ3) is 6.91. The zero-order valence-electron chi connectivity index (χ0n) is 23.6. The molecule has 0 saturated heterocycles. The monoisotopic (exact) mass is 623 g/mol. The van der Waals surface area contributed by atoms with E-state index < -0.39 is 38.0 Å². The van der Waals surface area contributed by atoms with Gasteiger partial charge in [0.05, 0.1) is 36.8 Å². The van der Waals surface area contributed by atoms with E-state index in [1.54, 1.807) is 14.0 Å². The maximum atomic E-state index is 13.4. The predicted octanol–water partition coefficient (Wildman–Crippen LogP) is 1.83. The number of nitrogens with one attached hydrogen (secondary N) is 1. The Labute approximate surface area is 244 Å². The van der Waals surface area contributed by atoms with Crippen molar-refractivity contribution in [2.75, 3.05) is 31.5 Å². The number of anilines is 1. The Kier molecular flexibility index (Phi) is 9.25. The normalized spacial score (nSPS) is 18.9. The van der Waals surface area contributed by atoms with Gasteiger partial charge in [0.25, 0.3) is 20.0 Å². The number of nitrogens with zero attached hydrogens (tertiary/aromatic N) is 4. The zero-order valence-corrected chi connectivity index (χ0v) is 25.3. The quantitative estimate of drug-likeness (QED) is 0.367. The van der Waals surface area contributed by atoms with Gasteiger partial charge in [0.1, 0.15) is 17.7 Å². The summed E-state index contributed by atoms with van der Waals surface area (Å²) in [5.74, 6) is -0.980. The molecule has 3 atom stereocenters. The van der Waals surface area contributed by atoms with Gasteiger partial charge < -0.3 is 19.3 Å². The first-order chi connectivity index (χ1) is 19.7. The van der Waals surface area contributed by atoms with E-state index >= 15 is 0 Å². The van der Waals surface area contributed by atoms with Gasteiger partial charge in [0.15, 0.2) is 5.03 Å². The molecule has 12 nitrogen and oxygen atoms in total. The van der Waals surface area contributed by atoms with E-state index in [9.17, 15) is 31.1 Å². The number of amides is 1. The summed E-state index contributed by atoms with van der Waals surface area (Å²) < 4.78 is 76.9. The minimum absolute atomic E-state index is 0.0754. The molecule has 1 aliphatic heterocycles. The molecule has 1 aromatic heterocycles. The zero-order chi connectivity index (χ0) is 30.8. The third-order valence-electron chi connectivity index (χ3n) is 7.09. The van der Waals surface area contributed by atoms with Crippen molar-refractivity contribution in [2.24, 2.45) is 13.0 Å². The van der Waals surface area contributed by atoms with Gasteiger partial charge in [-0.1, -0.05) is 6.92 Å². The van der Waals surface area contributed by atoms with Crippen molar-refractivity contribution in [1.82, 2.24) is 18.8 Å². The van der Waals surface area contributed by atoms with Crippen molar-refractivity contribution in [3.63, 3.8) is 0 Å². The highest BCUT2D eigenvalue weighted by Gasteiger charge is 2.34. The van der Waals surface area contributed by atoms with Crippen LogP contribution in [0.5, 0.6) is 5.75 Å². The maximum Gasteiger partial charge on any atom is 0.261 e. The van der Waals surface area contributed by atoms with Gasteiger partial charge in [-0.3, -0.25) is 9.52 Å². The van der Waals surface area contributed by atoms with Crippen LogP contribution in [0.25, 0.3) is 0 Å². The summed E-state index contributed by atoms with van der Waals surface area (Å²) in [5.41, 5.74) is 0.513. The summed E-state index contributed by atoms with van der Waals surface area (Å²) in [7, 11) is -4.94. The molecular formula is C27H34FN5O7S2.